The predicted molar refractivity (Wildman–Crippen MR) is 122 cm³/mol. The molecule has 2 heterocycles. The van der Waals surface area contributed by atoms with Crippen LogP contribution in [0.1, 0.15) is 35.6 Å². The largest absolute Gasteiger partial charge is 0.377 e. The fourth-order valence-electron chi connectivity index (χ4n) is 4.30. The molecule has 0 saturated carbocycles. The number of nitrogens with zero attached hydrogens (tertiary/aromatic N) is 5. The summed E-state index contributed by atoms with van der Waals surface area (Å²) in [7, 11) is 5.15. The number of likely N-dealkylation sites (N-methyl/N-ethyl adjacent to an activating group) is 1. The summed E-state index contributed by atoms with van der Waals surface area (Å²) in [6, 6.07) is 9.06. The van der Waals surface area contributed by atoms with Crippen molar-refractivity contribution in [1.29, 1.82) is 0 Å². The average molecular weight is 440 g/mol. The number of nitrogens with one attached hydrogen (secondary N) is 2. The molecule has 9 nitrogen and oxygen atoms in total. The van der Waals surface area contributed by atoms with Crippen LogP contribution < -0.4 is 10.6 Å². The van der Waals surface area contributed by atoms with E-state index in [2.05, 4.69) is 50.0 Å². The summed E-state index contributed by atoms with van der Waals surface area (Å²) < 4.78 is 7.11. The maximum Gasteiger partial charge on any atom is 0.243 e. The highest BCUT2D eigenvalue weighted by Crippen LogP contribution is 2.21. The van der Waals surface area contributed by atoms with Crippen LogP contribution in [-0.2, 0) is 41.9 Å². The molecule has 1 aliphatic carbocycles. The van der Waals surface area contributed by atoms with Crippen molar-refractivity contribution in [3.05, 3.63) is 47.0 Å². The van der Waals surface area contributed by atoms with Crippen molar-refractivity contribution in [2.45, 2.75) is 57.3 Å². The van der Waals surface area contributed by atoms with Crippen molar-refractivity contribution in [2.24, 2.45) is 4.99 Å². The first-order valence-corrected chi connectivity index (χ1v) is 11.3. The third kappa shape index (κ3) is 5.45. The van der Waals surface area contributed by atoms with Gasteiger partial charge in [0.2, 0.25) is 5.91 Å². The number of fused-ring (bicyclic) bond motifs is 2. The van der Waals surface area contributed by atoms with Gasteiger partial charge in [0.25, 0.3) is 0 Å². The topological polar surface area (TPSA) is 96.7 Å². The molecule has 2 aromatic rings. The molecule has 4 rings (SSSR count). The highest BCUT2D eigenvalue weighted by molar-refractivity contribution is 5.85. The van der Waals surface area contributed by atoms with E-state index in [-0.39, 0.29) is 24.5 Å². The number of ether oxygens (including phenoxy) is 1. The van der Waals surface area contributed by atoms with Crippen LogP contribution in [0.4, 0.5) is 0 Å². The summed E-state index contributed by atoms with van der Waals surface area (Å²) in [5.41, 5.74) is 2.81. The van der Waals surface area contributed by atoms with Gasteiger partial charge in [0.15, 0.2) is 11.8 Å². The van der Waals surface area contributed by atoms with Gasteiger partial charge in [0.1, 0.15) is 19.0 Å². The fraction of sp³-hybridized carbons (Fsp3) is 0.565. The Morgan fingerprint density at radius 3 is 2.72 bits per heavy atom. The lowest BCUT2D eigenvalue weighted by molar-refractivity contribution is -0.127. The van der Waals surface area contributed by atoms with E-state index in [1.54, 1.807) is 26.1 Å². The van der Waals surface area contributed by atoms with E-state index < -0.39 is 0 Å². The Bertz CT molecular complexity index is 969. The number of aromatic nitrogens is 3. The van der Waals surface area contributed by atoms with Crippen LogP contribution in [0, 0.1) is 0 Å². The van der Waals surface area contributed by atoms with Crippen molar-refractivity contribution < 1.29 is 9.53 Å². The third-order valence-corrected chi connectivity index (χ3v) is 6.08. The van der Waals surface area contributed by atoms with Crippen molar-refractivity contribution in [3.8, 4) is 0 Å². The molecule has 0 bridgehead atoms. The highest BCUT2D eigenvalue weighted by atomic mass is 16.5. The Kier molecular flexibility index (Phi) is 7.04. The van der Waals surface area contributed by atoms with Crippen LogP contribution >= 0.6 is 0 Å². The van der Waals surface area contributed by atoms with Crippen LogP contribution in [0.25, 0.3) is 0 Å². The van der Waals surface area contributed by atoms with Crippen molar-refractivity contribution in [2.75, 3.05) is 27.7 Å². The minimum absolute atomic E-state index is 0.0218. The van der Waals surface area contributed by atoms with Crippen LogP contribution in [0.5, 0.6) is 0 Å². The lowest BCUT2D eigenvalue weighted by atomic mass is 9.88. The molecule has 32 heavy (non-hydrogen) atoms. The van der Waals surface area contributed by atoms with Gasteiger partial charge in [-0.3, -0.25) is 4.79 Å². The minimum atomic E-state index is -0.0218. The summed E-state index contributed by atoms with van der Waals surface area (Å²) in [6.45, 7) is 1.24. The molecular weight excluding hydrogens is 406 g/mol. The number of amides is 1. The van der Waals surface area contributed by atoms with Crippen LogP contribution in [-0.4, -0.2) is 71.4 Å². The molecule has 1 aliphatic heterocycles. The fourth-order valence-corrected chi connectivity index (χ4v) is 4.30. The molecule has 2 N–H and O–H groups in total. The molecule has 0 radical (unpaired) electrons. The molecule has 0 spiro atoms. The Morgan fingerprint density at radius 1 is 1.19 bits per heavy atom. The molecule has 2 aliphatic rings. The Labute approximate surface area is 189 Å². The molecule has 1 amide bonds. The zero-order chi connectivity index (χ0) is 22.5. The van der Waals surface area contributed by atoms with Gasteiger partial charge in [-0.2, -0.15) is 5.10 Å². The van der Waals surface area contributed by atoms with Gasteiger partial charge >= 0.3 is 0 Å². The molecule has 1 aromatic carbocycles. The second-order valence-corrected chi connectivity index (χ2v) is 8.75. The van der Waals surface area contributed by atoms with Gasteiger partial charge in [0.05, 0.1) is 6.54 Å². The maximum atomic E-state index is 12.2. The summed E-state index contributed by atoms with van der Waals surface area (Å²) in [5.74, 6) is 2.38. The van der Waals surface area contributed by atoms with E-state index in [0.29, 0.717) is 24.9 Å². The van der Waals surface area contributed by atoms with E-state index in [0.717, 1.165) is 37.9 Å². The van der Waals surface area contributed by atoms with E-state index in [9.17, 15) is 4.79 Å². The summed E-state index contributed by atoms with van der Waals surface area (Å²) in [4.78, 5) is 22.9. The third-order valence-electron chi connectivity index (χ3n) is 6.08. The van der Waals surface area contributed by atoms with Gasteiger partial charge < -0.3 is 20.3 Å². The molecule has 1 aromatic heterocycles. The second-order valence-electron chi connectivity index (χ2n) is 8.75. The van der Waals surface area contributed by atoms with Crippen molar-refractivity contribution >= 4 is 11.9 Å². The average Bonchev–Trinajstić information content (AvgIpc) is 3.19. The number of carbonyl (C=O) groups is 1. The molecule has 2 unspecified atom stereocenters. The number of methoxy groups -OCH3 is 1. The monoisotopic (exact) mass is 439 g/mol. The zero-order valence-corrected chi connectivity index (χ0v) is 19.2. The SMILES string of the molecule is COCc1nc2n(n1)CC(NC(=NCC(=O)N(C)C)NC1CCc3ccccc3C1)CC2. The number of aryl methyl sites for hydroxylation is 2. The maximum absolute atomic E-state index is 12.2. The van der Waals surface area contributed by atoms with Crippen LogP contribution in [0.3, 0.4) is 0 Å². The van der Waals surface area contributed by atoms with Crippen molar-refractivity contribution in [3.63, 3.8) is 0 Å². The minimum Gasteiger partial charge on any atom is -0.377 e. The highest BCUT2D eigenvalue weighted by Gasteiger charge is 2.24. The normalized spacial score (nSPS) is 20.3. The Balaban J connectivity index is 1.43. The number of guanidine groups is 1. The summed E-state index contributed by atoms with van der Waals surface area (Å²) >= 11 is 0. The van der Waals surface area contributed by atoms with E-state index in [1.165, 1.54) is 11.1 Å². The van der Waals surface area contributed by atoms with Gasteiger partial charge in [-0.05, 0) is 36.8 Å². The smallest absolute Gasteiger partial charge is 0.243 e. The van der Waals surface area contributed by atoms with Gasteiger partial charge in [0, 0.05) is 39.7 Å². The predicted octanol–water partition coefficient (Wildman–Crippen LogP) is 0.920. The number of aliphatic imine (C=N–C) groups is 1. The number of carbonyl (C=O) groups excluding carboxylic acids is 1. The molecule has 0 saturated heterocycles. The lowest BCUT2D eigenvalue weighted by Crippen LogP contribution is -2.51. The standard InChI is InChI=1S/C23H33N7O2/c1-29(2)22(31)13-24-23(25-18-9-8-16-6-4-5-7-17(16)12-18)26-19-10-11-21-27-20(15-32-3)28-30(21)14-19/h4-7,18-19H,8-15H2,1-3H3,(H2,24,25,26). The van der Waals surface area contributed by atoms with Gasteiger partial charge in [-0.25, -0.2) is 14.7 Å². The zero-order valence-electron chi connectivity index (χ0n) is 19.2. The van der Waals surface area contributed by atoms with E-state index >= 15 is 0 Å². The van der Waals surface area contributed by atoms with E-state index in [1.807, 2.05) is 4.68 Å². The number of hydrogen-bond acceptors (Lipinski definition) is 5. The Hall–Kier alpha value is -2.94. The first-order valence-electron chi connectivity index (χ1n) is 11.3. The number of hydrogen-bond donors (Lipinski definition) is 2. The molecule has 9 heteroatoms. The van der Waals surface area contributed by atoms with Gasteiger partial charge in [-0.15, -0.1) is 0 Å². The molecule has 2 atom stereocenters. The number of rotatable bonds is 6. The Morgan fingerprint density at radius 2 is 1.94 bits per heavy atom. The quantitative estimate of drug-likeness (QED) is 0.513. The van der Waals surface area contributed by atoms with Crippen molar-refractivity contribution in [1.82, 2.24) is 30.3 Å². The molecular formula is C23H33N7O2. The first kappa shape index (κ1) is 22.3. The first-order chi connectivity index (χ1) is 15.5. The number of benzene rings is 1. The van der Waals surface area contributed by atoms with Gasteiger partial charge in [-0.1, -0.05) is 24.3 Å². The lowest BCUT2D eigenvalue weighted by Gasteiger charge is -2.30. The second kappa shape index (κ2) is 10.1. The summed E-state index contributed by atoms with van der Waals surface area (Å²) in [6.07, 6.45) is 4.82. The van der Waals surface area contributed by atoms with Crippen LogP contribution in [0.2, 0.25) is 0 Å². The molecule has 0 fully saturated rings. The molecule has 172 valence electrons. The van der Waals surface area contributed by atoms with Crippen LogP contribution in [0.15, 0.2) is 29.3 Å². The van der Waals surface area contributed by atoms with E-state index in [4.69, 9.17) is 4.74 Å². The summed E-state index contributed by atoms with van der Waals surface area (Å²) in [5, 5.41) is 11.7.